The molecule has 0 spiro atoms. The summed E-state index contributed by atoms with van der Waals surface area (Å²) in [5.74, 6) is 0.620. The summed E-state index contributed by atoms with van der Waals surface area (Å²) in [6, 6.07) is 5.10. The summed E-state index contributed by atoms with van der Waals surface area (Å²) in [6.07, 6.45) is 2.33. The number of phenolic OH excluding ortho intramolecular Hbond substituents is 1. The van der Waals surface area contributed by atoms with E-state index in [9.17, 15) is 9.90 Å². The van der Waals surface area contributed by atoms with E-state index in [2.05, 4.69) is 20.4 Å². The number of piperidine rings is 3. The number of carbonyl (C=O) groups is 1. The van der Waals surface area contributed by atoms with Crippen molar-refractivity contribution in [2.75, 3.05) is 19.6 Å². The van der Waals surface area contributed by atoms with Crippen LogP contribution >= 0.6 is 0 Å². The summed E-state index contributed by atoms with van der Waals surface area (Å²) < 4.78 is 0. The molecule has 21 heavy (non-hydrogen) atoms. The lowest BCUT2D eigenvalue weighted by atomic mass is 9.84. The van der Waals surface area contributed by atoms with Crippen LogP contribution in [-0.2, 0) is 0 Å². The first-order chi connectivity index (χ1) is 10.2. The average molecular weight is 286 g/mol. The van der Waals surface area contributed by atoms with Gasteiger partial charge in [-0.2, -0.15) is 5.10 Å². The number of benzene rings is 1. The molecule has 1 aromatic carbocycles. The van der Waals surface area contributed by atoms with E-state index in [-0.39, 0.29) is 17.7 Å². The number of aromatic hydroxyl groups is 1. The molecule has 3 N–H and O–H groups in total. The predicted molar refractivity (Wildman–Crippen MR) is 78.2 cm³/mol. The Balaban J connectivity index is 1.56. The van der Waals surface area contributed by atoms with Crippen molar-refractivity contribution in [2.24, 2.45) is 5.92 Å². The van der Waals surface area contributed by atoms with E-state index in [0.717, 1.165) is 25.0 Å². The van der Waals surface area contributed by atoms with Crippen molar-refractivity contribution in [2.45, 2.75) is 18.9 Å². The highest BCUT2D eigenvalue weighted by molar-refractivity contribution is 6.05. The first-order valence-corrected chi connectivity index (χ1v) is 7.41. The average Bonchev–Trinajstić information content (AvgIpc) is 2.91. The number of nitrogens with zero attached hydrogens (tertiary/aromatic N) is 2. The van der Waals surface area contributed by atoms with Crippen molar-refractivity contribution in [1.82, 2.24) is 20.4 Å². The predicted octanol–water partition coefficient (Wildman–Crippen LogP) is 1.09. The van der Waals surface area contributed by atoms with E-state index < -0.39 is 0 Å². The number of fused-ring (bicyclic) bond motifs is 4. The molecule has 4 heterocycles. The number of carbonyl (C=O) groups excluding carboxylic acids is 1. The maximum atomic E-state index is 12.5. The van der Waals surface area contributed by atoms with E-state index in [1.165, 1.54) is 12.8 Å². The van der Waals surface area contributed by atoms with Gasteiger partial charge in [0.2, 0.25) is 0 Å². The fourth-order valence-corrected chi connectivity index (χ4v) is 3.55. The Morgan fingerprint density at radius 3 is 2.90 bits per heavy atom. The number of H-pyrrole nitrogens is 1. The first kappa shape index (κ1) is 12.6. The molecule has 1 aromatic heterocycles. The number of aromatic nitrogens is 2. The fourth-order valence-electron chi connectivity index (χ4n) is 3.55. The van der Waals surface area contributed by atoms with E-state index >= 15 is 0 Å². The highest BCUT2D eigenvalue weighted by Crippen LogP contribution is 2.28. The zero-order valence-electron chi connectivity index (χ0n) is 11.7. The van der Waals surface area contributed by atoms with Crippen LogP contribution in [0.5, 0.6) is 5.75 Å². The topological polar surface area (TPSA) is 81.2 Å². The molecule has 110 valence electrons. The van der Waals surface area contributed by atoms with Crippen LogP contribution in [0.1, 0.15) is 23.3 Å². The molecule has 2 bridgehead atoms. The van der Waals surface area contributed by atoms with Gasteiger partial charge in [-0.3, -0.25) is 9.89 Å². The van der Waals surface area contributed by atoms with Gasteiger partial charge in [0.1, 0.15) is 5.75 Å². The van der Waals surface area contributed by atoms with Gasteiger partial charge in [0.25, 0.3) is 5.91 Å². The summed E-state index contributed by atoms with van der Waals surface area (Å²) in [5, 5.41) is 20.2. The Labute approximate surface area is 122 Å². The van der Waals surface area contributed by atoms with Crippen LogP contribution in [-0.4, -0.2) is 51.8 Å². The highest BCUT2D eigenvalue weighted by Gasteiger charge is 2.35. The molecular formula is C15H18N4O2. The largest absolute Gasteiger partial charge is 0.508 e. The number of rotatable bonds is 2. The maximum Gasteiger partial charge on any atom is 0.272 e. The second kappa shape index (κ2) is 4.73. The van der Waals surface area contributed by atoms with Crippen LogP contribution in [0.25, 0.3) is 10.9 Å². The molecule has 3 fully saturated rings. The zero-order valence-corrected chi connectivity index (χ0v) is 11.7. The molecule has 3 aliphatic heterocycles. The Morgan fingerprint density at radius 2 is 2.19 bits per heavy atom. The smallest absolute Gasteiger partial charge is 0.272 e. The van der Waals surface area contributed by atoms with Gasteiger partial charge in [0.15, 0.2) is 5.69 Å². The summed E-state index contributed by atoms with van der Waals surface area (Å²) >= 11 is 0. The Bertz CT molecular complexity index is 688. The minimum atomic E-state index is -0.134. The SMILES string of the molecule is O=C(N[C@H]1CN2CCC1CC2)c1n[nH]c2cc(O)ccc12. The maximum absolute atomic E-state index is 12.5. The molecule has 0 aliphatic carbocycles. The molecule has 1 amide bonds. The van der Waals surface area contributed by atoms with Gasteiger partial charge < -0.3 is 15.3 Å². The van der Waals surface area contributed by atoms with Gasteiger partial charge in [0.05, 0.1) is 5.52 Å². The normalized spacial score (nSPS) is 27.9. The van der Waals surface area contributed by atoms with E-state index in [1.807, 2.05) is 0 Å². The monoisotopic (exact) mass is 286 g/mol. The van der Waals surface area contributed by atoms with Gasteiger partial charge in [-0.25, -0.2) is 0 Å². The molecule has 5 rings (SSSR count). The number of hydrogen-bond acceptors (Lipinski definition) is 4. The van der Waals surface area contributed by atoms with E-state index in [0.29, 0.717) is 17.1 Å². The van der Waals surface area contributed by atoms with Crippen LogP contribution < -0.4 is 5.32 Å². The lowest BCUT2D eigenvalue weighted by Crippen LogP contribution is -2.57. The van der Waals surface area contributed by atoms with Crippen LogP contribution in [0.2, 0.25) is 0 Å². The van der Waals surface area contributed by atoms with Crippen molar-refractivity contribution >= 4 is 16.8 Å². The second-order valence-corrected chi connectivity index (χ2v) is 6.02. The van der Waals surface area contributed by atoms with Crippen LogP contribution in [0, 0.1) is 5.92 Å². The van der Waals surface area contributed by atoms with Crippen LogP contribution in [0.15, 0.2) is 18.2 Å². The third-order valence-electron chi connectivity index (χ3n) is 4.73. The quantitative estimate of drug-likeness (QED) is 0.772. The molecule has 1 atom stereocenters. The lowest BCUT2D eigenvalue weighted by molar-refractivity contribution is 0.0618. The summed E-state index contributed by atoms with van der Waals surface area (Å²) in [5.41, 5.74) is 1.08. The first-order valence-electron chi connectivity index (χ1n) is 7.41. The van der Waals surface area contributed by atoms with Crippen LogP contribution in [0.3, 0.4) is 0 Å². The van der Waals surface area contributed by atoms with Crippen molar-refractivity contribution in [1.29, 1.82) is 0 Å². The van der Waals surface area contributed by atoms with Gasteiger partial charge in [-0.15, -0.1) is 0 Å². The molecule has 6 heteroatoms. The molecule has 3 aliphatic rings. The molecule has 0 unspecified atom stereocenters. The van der Waals surface area contributed by atoms with Gasteiger partial charge in [-0.05, 0) is 44.0 Å². The van der Waals surface area contributed by atoms with E-state index in [4.69, 9.17) is 0 Å². The van der Waals surface area contributed by atoms with Crippen molar-refractivity contribution in [3.63, 3.8) is 0 Å². The summed E-state index contributed by atoms with van der Waals surface area (Å²) in [7, 11) is 0. The van der Waals surface area contributed by atoms with Crippen molar-refractivity contribution in [3.8, 4) is 5.75 Å². The molecule has 0 saturated carbocycles. The third kappa shape index (κ3) is 2.15. The lowest BCUT2D eigenvalue weighted by Gasteiger charge is -2.44. The Morgan fingerprint density at radius 1 is 1.38 bits per heavy atom. The minimum Gasteiger partial charge on any atom is -0.508 e. The van der Waals surface area contributed by atoms with Gasteiger partial charge >= 0.3 is 0 Å². The number of amides is 1. The van der Waals surface area contributed by atoms with E-state index in [1.54, 1.807) is 18.2 Å². The van der Waals surface area contributed by atoms with Crippen molar-refractivity contribution in [3.05, 3.63) is 23.9 Å². The third-order valence-corrected chi connectivity index (χ3v) is 4.73. The second-order valence-electron chi connectivity index (χ2n) is 6.02. The fraction of sp³-hybridized carbons (Fsp3) is 0.467. The molecule has 0 radical (unpaired) electrons. The Hall–Kier alpha value is -2.08. The summed E-state index contributed by atoms with van der Waals surface area (Å²) in [4.78, 5) is 14.9. The number of aromatic amines is 1. The van der Waals surface area contributed by atoms with Crippen LogP contribution in [0.4, 0.5) is 0 Å². The molecule has 2 aromatic rings. The number of phenols is 1. The Kier molecular flexibility index (Phi) is 2.85. The number of nitrogens with one attached hydrogen (secondary N) is 2. The summed E-state index contributed by atoms with van der Waals surface area (Å²) in [6.45, 7) is 3.25. The van der Waals surface area contributed by atoms with Gasteiger partial charge in [0, 0.05) is 24.0 Å². The zero-order chi connectivity index (χ0) is 14.4. The van der Waals surface area contributed by atoms with Gasteiger partial charge in [-0.1, -0.05) is 0 Å². The molecule has 3 saturated heterocycles. The minimum absolute atomic E-state index is 0.134. The highest BCUT2D eigenvalue weighted by atomic mass is 16.3. The standard InChI is InChI=1S/C15H18N4O2/c20-10-1-2-11-12(7-10)17-18-14(11)15(21)16-13-8-19-5-3-9(13)4-6-19/h1-2,7,9,13,20H,3-6,8H2,(H,16,21)(H,17,18)/t13-/m0/s1. The molecular weight excluding hydrogens is 268 g/mol. The van der Waals surface area contributed by atoms with Crippen molar-refractivity contribution < 1.29 is 9.90 Å². The molecule has 6 nitrogen and oxygen atoms in total. The number of hydrogen-bond donors (Lipinski definition) is 3.